The lowest BCUT2D eigenvalue weighted by atomic mass is 9.73. The van der Waals surface area contributed by atoms with E-state index in [2.05, 4.69) is 37.9 Å². The minimum absolute atomic E-state index is 0.0551. The first kappa shape index (κ1) is 24.3. The van der Waals surface area contributed by atoms with Crippen LogP contribution in [0.2, 0.25) is 0 Å². The Labute approximate surface area is 232 Å². The lowest BCUT2D eigenvalue weighted by Crippen LogP contribution is -2.50. The zero-order valence-electron chi connectivity index (χ0n) is 22.6. The van der Waals surface area contributed by atoms with Crippen LogP contribution < -0.4 is 20.4 Å². The van der Waals surface area contributed by atoms with Gasteiger partial charge in [0.05, 0.1) is 41.9 Å². The molecule has 3 aromatic rings. The highest BCUT2D eigenvalue weighted by Gasteiger charge is 2.57. The number of aromatic amines is 1. The second-order valence-corrected chi connectivity index (χ2v) is 12.4. The fraction of sp³-hybridized carbons (Fsp3) is 0.586. The lowest BCUT2D eigenvalue weighted by molar-refractivity contribution is 0.0974. The molecule has 5 heterocycles. The molecule has 40 heavy (non-hydrogen) atoms. The summed E-state index contributed by atoms with van der Waals surface area (Å²) in [6.07, 6.45) is 4.73. The second-order valence-electron chi connectivity index (χ2n) is 12.4. The maximum absolute atomic E-state index is 14.5. The first-order chi connectivity index (χ1) is 19.5. The number of piperidine rings is 1. The fourth-order valence-electron chi connectivity index (χ4n) is 7.87. The topological polar surface area (TPSA) is 123 Å². The van der Waals surface area contributed by atoms with Crippen molar-refractivity contribution in [3.05, 3.63) is 30.0 Å². The number of nitrogens with one attached hydrogen (secondary N) is 1. The molecular weight excluding hydrogens is 509 g/mol. The number of hydrogen-bond acceptors (Lipinski definition) is 9. The summed E-state index contributed by atoms with van der Waals surface area (Å²) in [6, 6.07) is 8.29. The zero-order valence-corrected chi connectivity index (χ0v) is 22.6. The Balaban J connectivity index is 1.07. The van der Waals surface area contributed by atoms with E-state index in [0.717, 1.165) is 68.5 Å². The summed E-state index contributed by atoms with van der Waals surface area (Å²) in [5.41, 5.74) is 10.5. The summed E-state index contributed by atoms with van der Waals surface area (Å²) in [5.74, 6) is 2.19. The highest BCUT2D eigenvalue weighted by Crippen LogP contribution is 2.56. The normalized spacial score (nSPS) is 32.4. The van der Waals surface area contributed by atoms with Crippen LogP contribution in [0.1, 0.15) is 38.2 Å². The average molecular weight is 544 g/mol. The van der Waals surface area contributed by atoms with Gasteiger partial charge in [0.25, 0.3) is 0 Å². The number of halogens is 1. The molecule has 3 N–H and O–H groups in total. The molecule has 6 atom stereocenters. The van der Waals surface area contributed by atoms with Crippen molar-refractivity contribution in [2.75, 3.05) is 47.5 Å². The van der Waals surface area contributed by atoms with Gasteiger partial charge in [-0.15, -0.1) is 0 Å². The standard InChI is InChI=1S/C29H34FN9O/c1-16-26(32)29(15-40-16)4-6-37(7-5-29)24-14-33-25-27(34-24)35-36-28(25)39-9-8-38(22-12-20(30)18-11-19(18)22)23-10-17(13-31)2-3-21(23)39/h2-3,10,14,16,18-20,22,26H,4-9,11-12,15,32H2,1H3,(H,34,35,36)/t16-,18?,19?,20?,22?,26+/m0/s1. The predicted octanol–water partition coefficient (Wildman–Crippen LogP) is 3.26. The molecule has 1 spiro atoms. The van der Waals surface area contributed by atoms with E-state index in [1.165, 1.54) is 0 Å². The monoisotopic (exact) mass is 543 g/mol. The Bertz CT molecular complexity index is 1510. The van der Waals surface area contributed by atoms with Crippen molar-refractivity contribution < 1.29 is 9.13 Å². The van der Waals surface area contributed by atoms with Crippen LogP contribution in [0.25, 0.3) is 11.2 Å². The third-order valence-electron chi connectivity index (χ3n) is 10.4. The van der Waals surface area contributed by atoms with Gasteiger partial charge in [-0.3, -0.25) is 5.10 Å². The minimum Gasteiger partial charge on any atom is -0.376 e. The Hall–Kier alpha value is -3.49. The van der Waals surface area contributed by atoms with Crippen LogP contribution in [0.15, 0.2) is 24.4 Å². The predicted molar refractivity (Wildman–Crippen MR) is 149 cm³/mol. The smallest absolute Gasteiger partial charge is 0.183 e. The van der Waals surface area contributed by atoms with Gasteiger partial charge >= 0.3 is 0 Å². The molecule has 0 radical (unpaired) electrons. The molecule has 5 aliphatic rings. The molecule has 1 aromatic carbocycles. The molecule has 10 nitrogen and oxygen atoms in total. The van der Waals surface area contributed by atoms with Gasteiger partial charge in [0, 0.05) is 43.7 Å². The summed E-state index contributed by atoms with van der Waals surface area (Å²) in [4.78, 5) is 16.5. The average Bonchev–Trinajstić information content (AvgIpc) is 3.48. The molecule has 2 saturated heterocycles. The molecule has 2 aromatic heterocycles. The number of hydrogen-bond donors (Lipinski definition) is 2. The molecular formula is C29H34FN9O. The number of nitrogens with two attached hydrogens (primary N) is 1. The SMILES string of the molecule is C[C@@H]1OCC2(CCN(c3cnc4c(N5CCN(C6CC(F)C7CC76)c6cc(C#N)ccc65)n[nH]c4n3)CC2)[C@@H]1N. The number of H-pyrrole nitrogens is 1. The van der Waals surface area contributed by atoms with E-state index < -0.39 is 6.17 Å². The number of rotatable bonds is 3. The van der Waals surface area contributed by atoms with Crippen LogP contribution in [-0.4, -0.2) is 77.3 Å². The summed E-state index contributed by atoms with van der Waals surface area (Å²) in [5, 5.41) is 17.4. The summed E-state index contributed by atoms with van der Waals surface area (Å²) >= 11 is 0. The number of benzene rings is 1. The summed E-state index contributed by atoms with van der Waals surface area (Å²) in [7, 11) is 0. The van der Waals surface area contributed by atoms with Crippen molar-refractivity contribution in [1.82, 2.24) is 20.2 Å². The zero-order chi connectivity index (χ0) is 27.2. The third kappa shape index (κ3) is 3.55. The maximum atomic E-state index is 14.5. The molecule has 0 amide bonds. The number of aromatic nitrogens is 4. The molecule has 208 valence electrons. The Morgan fingerprint density at radius 3 is 2.70 bits per heavy atom. The number of anilines is 4. The summed E-state index contributed by atoms with van der Waals surface area (Å²) in [6.45, 7) is 5.97. The molecule has 8 rings (SSSR count). The van der Waals surface area contributed by atoms with Crippen LogP contribution in [0.5, 0.6) is 0 Å². The van der Waals surface area contributed by atoms with Crippen molar-refractivity contribution in [2.24, 2.45) is 23.0 Å². The minimum atomic E-state index is -0.715. The van der Waals surface area contributed by atoms with E-state index in [1.54, 1.807) is 0 Å². The molecule has 11 heteroatoms. The van der Waals surface area contributed by atoms with Crippen LogP contribution in [-0.2, 0) is 4.74 Å². The number of ether oxygens (including phenoxy) is 1. The highest BCUT2D eigenvalue weighted by molar-refractivity contribution is 5.90. The molecule has 4 unspecified atom stereocenters. The van der Waals surface area contributed by atoms with Crippen LogP contribution in [0, 0.1) is 28.6 Å². The van der Waals surface area contributed by atoms with Gasteiger partial charge in [0.1, 0.15) is 12.0 Å². The van der Waals surface area contributed by atoms with Crippen LogP contribution >= 0.6 is 0 Å². The van der Waals surface area contributed by atoms with Gasteiger partial charge in [-0.2, -0.15) is 10.4 Å². The molecule has 4 fully saturated rings. The number of nitrogens with zero attached hydrogens (tertiary/aromatic N) is 7. The fourth-order valence-corrected chi connectivity index (χ4v) is 7.87. The van der Waals surface area contributed by atoms with Crippen molar-refractivity contribution in [3.63, 3.8) is 0 Å². The van der Waals surface area contributed by atoms with Gasteiger partial charge < -0.3 is 25.2 Å². The molecule has 0 bridgehead atoms. The van der Waals surface area contributed by atoms with E-state index in [9.17, 15) is 9.65 Å². The van der Waals surface area contributed by atoms with Crippen molar-refractivity contribution in [2.45, 2.75) is 57.0 Å². The Morgan fingerprint density at radius 1 is 1.15 bits per heavy atom. The van der Waals surface area contributed by atoms with Gasteiger partial charge in [0.2, 0.25) is 0 Å². The van der Waals surface area contributed by atoms with Gasteiger partial charge in [0.15, 0.2) is 17.0 Å². The number of fused-ring (bicyclic) bond motifs is 3. The first-order valence-electron chi connectivity index (χ1n) is 14.5. The second kappa shape index (κ2) is 8.75. The summed E-state index contributed by atoms with van der Waals surface area (Å²) < 4.78 is 20.4. The van der Waals surface area contributed by atoms with E-state index in [1.807, 2.05) is 24.4 Å². The van der Waals surface area contributed by atoms with Gasteiger partial charge in [-0.05, 0) is 62.6 Å². The lowest BCUT2D eigenvalue weighted by Gasteiger charge is -2.42. The highest BCUT2D eigenvalue weighted by atomic mass is 19.1. The van der Waals surface area contributed by atoms with Crippen molar-refractivity contribution >= 4 is 34.2 Å². The van der Waals surface area contributed by atoms with E-state index >= 15 is 0 Å². The van der Waals surface area contributed by atoms with Gasteiger partial charge in [-0.25, -0.2) is 14.4 Å². The quantitative estimate of drug-likeness (QED) is 0.512. The number of alkyl halides is 1. The van der Waals surface area contributed by atoms with E-state index in [0.29, 0.717) is 35.6 Å². The molecule has 3 aliphatic heterocycles. The van der Waals surface area contributed by atoms with E-state index in [-0.39, 0.29) is 29.5 Å². The first-order valence-corrected chi connectivity index (χ1v) is 14.5. The van der Waals surface area contributed by atoms with Gasteiger partial charge in [-0.1, -0.05) is 0 Å². The Morgan fingerprint density at radius 2 is 2.00 bits per heavy atom. The van der Waals surface area contributed by atoms with Crippen molar-refractivity contribution in [3.8, 4) is 6.07 Å². The third-order valence-corrected chi connectivity index (χ3v) is 10.4. The molecule has 2 saturated carbocycles. The maximum Gasteiger partial charge on any atom is 0.183 e. The van der Waals surface area contributed by atoms with Crippen LogP contribution in [0.4, 0.5) is 27.4 Å². The molecule has 2 aliphatic carbocycles. The van der Waals surface area contributed by atoms with Crippen molar-refractivity contribution in [1.29, 1.82) is 5.26 Å². The van der Waals surface area contributed by atoms with E-state index in [4.69, 9.17) is 20.4 Å². The largest absolute Gasteiger partial charge is 0.376 e. The Kier molecular flexibility index (Phi) is 5.32. The van der Waals surface area contributed by atoms with Crippen LogP contribution in [0.3, 0.4) is 0 Å². The number of nitriles is 1.